The summed E-state index contributed by atoms with van der Waals surface area (Å²) in [5.74, 6) is 0. The molecule has 0 aromatic rings. The Labute approximate surface area is 92.1 Å². The molecule has 0 amide bonds. The zero-order valence-electron chi connectivity index (χ0n) is 10.9. The summed E-state index contributed by atoms with van der Waals surface area (Å²) >= 11 is 0. The number of rotatable bonds is 3. The molecule has 4 heteroatoms. The summed E-state index contributed by atoms with van der Waals surface area (Å²) in [5, 5.41) is 0. The molecule has 0 aromatic heterocycles. The van der Waals surface area contributed by atoms with Crippen LogP contribution in [0.4, 0.5) is 0 Å². The van der Waals surface area contributed by atoms with Crippen LogP contribution in [0.2, 0.25) is 19.6 Å². The van der Waals surface area contributed by atoms with Crippen LogP contribution in [0.15, 0.2) is 4.41 Å². The van der Waals surface area contributed by atoms with E-state index in [1.165, 1.54) is 0 Å². The van der Waals surface area contributed by atoms with Gasteiger partial charge in [0.05, 0.1) is 8.52 Å². The van der Waals surface area contributed by atoms with Gasteiger partial charge in [0.2, 0.25) is 0 Å². The van der Waals surface area contributed by atoms with Gasteiger partial charge in [-0.1, -0.05) is 0 Å². The molecule has 0 spiro atoms. The van der Waals surface area contributed by atoms with E-state index in [4.69, 9.17) is 4.41 Å². The van der Waals surface area contributed by atoms with Crippen molar-refractivity contribution in [1.29, 1.82) is 0 Å². The molecule has 84 valence electrons. The van der Waals surface area contributed by atoms with Gasteiger partial charge in [-0.2, -0.15) is 0 Å². The molecule has 0 saturated heterocycles. The lowest BCUT2D eigenvalue weighted by Gasteiger charge is -2.34. The van der Waals surface area contributed by atoms with Gasteiger partial charge >= 0.3 is 0 Å². The van der Waals surface area contributed by atoms with Gasteiger partial charge in [0, 0.05) is 11.6 Å². The number of hydrogen-bond donors (Lipinski definition) is 0. The maximum Gasteiger partial charge on any atom is 0.179 e. The predicted octanol–water partition coefficient (Wildman–Crippen LogP) is 4.38. The van der Waals surface area contributed by atoms with E-state index in [0.29, 0.717) is 6.04 Å². The van der Waals surface area contributed by atoms with Gasteiger partial charge < -0.3 is 0 Å². The molecule has 0 fully saturated rings. The Bertz CT molecular complexity index is 201. The van der Waals surface area contributed by atoms with E-state index in [1.54, 1.807) is 0 Å². The summed E-state index contributed by atoms with van der Waals surface area (Å²) in [5.41, 5.74) is 0.207. The summed E-state index contributed by atoms with van der Waals surface area (Å²) in [6.45, 7) is 18.1. The Hall–Kier alpha value is 0.277. The van der Waals surface area contributed by atoms with Gasteiger partial charge in [-0.15, -0.1) is 0 Å². The highest BCUT2D eigenvalue weighted by Crippen LogP contribution is 2.28. The van der Waals surface area contributed by atoms with E-state index in [0.717, 1.165) is 8.52 Å². The van der Waals surface area contributed by atoms with Crippen LogP contribution < -0.4 is 0 Å². The topological polar surface area (TPSA) is 15.6 Å². The lowest BCUT2D eigenvalue weighted by molar-refractivity contribution is 0.228. The van der Waals surface area contributed by atoms with Gasteiger partial charge in [-0.05, 0) is 54.3 Å². The van der Waals surface area contributed by atoms with Crippen molar-refractivity contribution in [3.05, 3.63) is 0 Å². The Morgan fingerprint density at radius 3 is 1.79 bits per heavy atom. The van der Waals surface area contributed by atoms with Gasteiger partial charge in [0.1, 0.15) is 0 Å². The number of hydrogen-bond acceptors (Lipinski definition) is 1. The van der Waals surface area contributed by atoms with Crippen molar-refractivity contribution >= 4 is 16.8 Å². The first-order valence-corrected chi connectivity index (χ1v) is 9.51. The third kappa shape index (κ3) is 5.89. The van der Waals surface area contributed by atoms with Crippen LogP contribution in [0.5, 0.6) is 0 Å². The molecule has 0 aromatic carbocycles. The summed E-state index contributed by atoms with van der Waals surface area (Å²) in [4.78, 5) is 0. The molecule has 0 heterocycles. The highest BCUT2D eigenvalue weighted by molar-refractivity contribution is 7.26. The summed E-state index contributed by atoms with van der Waals surface area (Å²) in [7, 11) is -0.129. The molecule has 0 bridgehead atoms. The fourth-order valence-electron chi connectivity index (χ4n) is 1.19. The average molecular weight is 232 g/mol. The molecule has 2 nitrogen and oxygen atoms in total. The molecule has 0 rings (SSSR count). The van der Waals surface area contributed by atoms with Crippen molar-refractivity contribution in [1.82, 2.24) is 4.67 Å². The van der Waals surface area contributed by atoms with Crippen LogP contribution in [-0.4, -0.2) is 24.5 Å². The maximum absolute atomic E-state index is 4.78. The highest BCUT2D eigenvalue weighted by atomic mass is 31.1. The van der Waals surface area contributed by atoms with Crippen LogP contribution in [0.1, 0.15) is 34.6 Å². The molecular formula is C10H25N2PSi. The SMILES string of the molecule is CC(C)N(P=N[Si](C)(C)C)C(C)(C)C. The van der Waals surface area contributed by atoms with E-state index in [2.05, 4.69) is 58.9 Å². The fourth-order valence-corrected chi connectivity index (χ4v) is 3.13. The standard InChI is InChI=1S/C10H25N2PSi/c1-9(2)12(10(3,4)5)13-11-14(6,7)8/h9H,1-8H3. The molecule has 14 heavy (non-hydrogen) atoms. The van der Waals surface area contributed by atoms with Gasteiger partial charge in [-0.3, -0.25) is 4.41 Å². The Balaban J connectivity index is 4.64. The lowest BCUT2D eigenvalue weighted by atomic mass is 10.1. The molecule has 0 atom stereocenters. The average Bonchev–Trinajstić information content (AvgIpc) is 1.79. The summed E-state index contributed by atoms with van der Waals surface area (Å²) in [6, 6.07) is 0.553. The van der Waals surface area contributed by atoms with Crippen molar-refractivity contribution in [3.63, 3.8) is 0 Å². The fraction of sp³-hybridized carbons (Fsp3) is 1.00. The molecule has 0 saturated carbocycles. The monoisotopic (exact) mass is 232 g/mol. The van der Waals surface area contributed by atoms with Crippen molar-refractivity contribution in [2.24, 2.45) is 4.41 Å². The minimum atomic E-state index is -1.27. The van der Waals surface area contributed by atoms with Gasteiger partial charge in [0.15, 0.2) is 8.24 Å². The normalized spacial score (nSPS) is 14.7. The van der Waals surface area contributed by atoms with E-state index >= 15 is 0 Å². The van der Waals surface area contributed by atoms with Crippen LogP contribution in [0, 0.1) is 0 Å². The van der Waals surface area contributed by atoms with Crippen LogP contribution >= 0.6 is 8.52 Å². The van der Waals surface area contributed by atoms with E-state index in [-0.39, 0.29) is 5.54 Å². The zero-order chi connectivity index (χ0) is 11.6. The van der Waals surface area contributed by atoms with Crippen molar-refractivity contribution in [3.8, 4) is 0 Å². The van der Waals surface area contributed by atoms with E-state index in [1.807, 2.05) is 0 Å². The van der Waals surface area contributed by atoms with E-state index < -0.39 is 8.24 Å². The second-order valence-corrected chi connectivity index (χ2v) is 11.7. The molecule has 0 radical (unpaired) electrons. The third-order valence-electron chi connectivity index (χ3n) is 1.62. The molecule has 0 aliphatic carbocycles. The zero-order valence-corrected chi connectivity index (χ0v) is 12.8. The lowest BCUT2D eigenvalue weighted by Crippen LogP contribution is -2.39. The Kier molecular flexibility index (Phi) is 4.96. The Morgan fingerprint density at radius 2 is 1.57 bits per heavy atom. The quantitative estimate of drug-likeness (QED) is 0.521. The minimum absolute atomic E-state index is 0.207. The van der Waals surface area contributed by atoms with E-state index in [9.17, 15) is 0 Å². The minimum Gasteiger partial charge on any atom is -0.293 e. The molecule has 0 unspecified atom stereocenters. The van der Waals surface area contributed by atoms with Crippen LogP contribution in [-0.2, 0) is 0 Å². The van der Waals surface area contributed by atoms with Crippen LogP contribution in [0.3, 0.4) is 0 Å². The second-order valence-electron chi connectivity index (χ2n) is 5.97. The van der Waals surface area contributed by atoms with Crippen LogP contribution in [0.25, 0.3) is 0 Å². The first-order chi connectivity index (χ1) is 6.04. The largest absolute Gasteiger partial charge is 0.293 e. The number of nitrogens with zero attached hydrogens (tertiary/aromatic N) is 2. The predicted molar refractivity (Wildman–Crippen MR) is 69.4 cm³/mol. The smallest absolute Gasteiger partial charge is 0.179 e. The van der Waals surface area contributed by atoms with Crippen molar-refractivity contribution < 1.29 is 0 Å². The second kappa shape index (κ2) is 4.87. The van der Waals surface area contributed by atoms with Crippen molar-refractivity contribution in [2.75, 3.05) is 0 Å². The van der Waals surface area contributed by atoms with Gasteiger partial charge in [0.25, 0.3) is 0 Å². The first kappa shape index (κ1) is 14.3. The Morgan fingerprint density at radius 1 is 1.14 bits per heavy atom. The first-order valence-electron chi connectivity index (χ1n) is 5.26. The molecule has 0 aliphatic rings. The molecule has 0 N–H and O–H groups in total. The third-order valence-corrected chi connectivity index (χ3v) is 5.63. The summed E-state index contributed by atoms with van der Waals surface area (Å²) < 4.78 is 7.20. The maximum atomic E-state index is 4.78. The molecule has 0 aliphatic heterocycles. The summed E-state index contributed by atoms with van der Waals surface area (Å²) in [6.07, 6.45) is 0. The molecular weight excluding hydrogens is 207 g/mol. The highest BCUT2D eigenvalue weighted by Gasteiger charge is 2.24. The van der Waals surface area contributed by atoms with Gasteiger partial charge in [-0.25, -0.2) is 4.67 Å². The van der Waals surface area contributed by atoms with Crippen molar-refractivity contribution in [2.45, 2.75) is 65.8 Å².